The average molecular weight is 297 g/mol. The maximum Gasteiger partial charge on any atom is 0.136 e. The number of anilines is 1. The van der Waals surface area contributed by atoms with Gasteiger partial charge in [-0.15, -0.1) is 0 Å². The first-order valence-corrected chi connectivity index (χ1v) is 7.15. The minimum atomic E-state index is -0.488. The van der Waals surface area contributed by atoms with E-state index in [1.165, 1.54) is 6.07 Å². The summed E-state index contributed by atoms with van der Waals surface area (Å²) in [6, 6.07) is 4.69. The standard InChI is InChI=1S/C15H24FN3O2/c1-3-20-10-8-19(9-11-21-4-2)13-7-5-6-12(16)14(13)15(17)18/h5-7H,3-4,8-11H2,1-2H3,(H3,17,18). The third-order valence-electron chi connectivity index (χ3n) is 3.02. The van der Waals surface area contributed by atoms with Crippen LogP contribution in [0.4, 0.5) is 10.1 Å². The number of ether oxygens (including phenoxy) is 2. The fraction of sp³-hybridized carbons (Fsp3) is 0.533. The first-order chi connectivity index (χ1) is 10.1. The molecule has 0 amide bonds. The van der Waals surface area contributed by atoms with Crippen molar-refractivity contribution in [3.63, 3.8) is 0 Å². The number of hydrogen-bond donors (Lipinski definition) is 2. The summed E-state index contributed by atoms with van der Waals surface area (Å²) in [7, 11) is 0. The highest BCUT2D eigenvalue weighted by Gasteiger charge is 2.16. The lowest BCUT2D eigenvalue weighted by molar-refractivity contribution is 0.141. The number of halogens is 1. The van der Waals surface area contributed by atoms with E-state index in [-0.39, 0.29) is 11.4 Å². The highest BCUT2D eigenvalue weighted by molar-refractivity contribution is 6.00. The molecule has 0 aliphatic carbocycles. The molecule has 1 rings (SSSR count). The Labute approximate surface area is 125 Å². The molecule has 0 aliphatic rings. The van der Waals surface area contributed by atoms with Crippen molar-refractivity contribution >= 4 is 11.5 Å². The number of nitrogens with one attached hydrogen (secondary N) is 1. The van der Waals surface area contributed by atoms with Crippen molar-refractivity contribution in [3.05, 3.63) is 29.6 Å². The molecule has 0 bridgehead atoms. The minimum absolute atomic E-state index is 0.130. The largest absolute Gasteiger partial charge is 0.384 e. The molecule has 21 heavy (non-hydrogen) atoms. The molecular weight excluding hydrogens is 273 g/mol. The lowest BCUT2D eigenvalue weighted by Crippen LogP contribution is -2.33. The van der Waals surface area contributed by atoms with Crippen LogP contribution in [0.2, 0.25) is 0 Å². The van der Waals surface area contributed by atoms with Crippen LogP contribution in [0, 0.1) is 11.2 Å². The monoisotopic (exact) mass is 297 g/mol. The van der Waals surface area contributed by atoms with Gasteiger partial charge < -0.3 is 20.1 Å². The molecule has 1 aromatic carbocycles. The Morgan fingerprint density at radius 1 is 1.19 bits per heavy atom. The molecule has 5 nitrogen and oxygen atoms in total. The van der Waals surface area contributed by atoms with E-state index < -0.39 is 5.82 Å². The van der Waals surface area contributed by atoms with E-state index in [1.54, 1.807) is 12.1 Å². The fourth-order valence-corrected chi connectivity index (χ4v) is 2.03. The Balaban J connectivity index is 2.95. The zero-order chi connectivity index (χ0) is 15.7. The third kappa shape index (κ3) is 5.32. The first kappa shape index (κ1) is 17.4. The maximum atomic E-state index is 13.9. The van der Waals surface area contributed by atoms with Gasteiger partial charge in [-0.05, 0) is 26.0 Å². The molecule has 0 atom stereocenters. The van der Waals surface area contributed by atoms with Gasteiger partial charge in [-0.3, -0.25) is 5.41 Å². The van der Waals surface area contributed by atoms with Crippen LogP contribution in [0.1, 0.15) is 19.4 Å². The summed E-state index contributed by atoms with van der Waals surface area (Å²) in [5.41, 5.74) is 6.25. The Bertz CT molecular complexity index is 445. The fourth-order valence-electron chi connectivity index (χ4n) is 2.03. The van der Waals surface area contributed by atoms with Gasteiger partial charge in [-0.25, -0.2) is 4.39 Å². The Kier molecular flexibility index (Phi) is 7.71. The molecule has 0 aromatic heterocycles. The third-order valence-corrected chi connectivity index (χ3v) is 3.02. The summed E-state index contributed by atoms with van der Waals surface area (Å²) in [5, 5.41) is 7.59. The van der Waals surface area contributed by atoms with Gasteiger partial charge in [-0.1, -0.05) is 6.07 Å². The highest BCUT2D eigenvalue weighted by atomic mass is 19.1. The normalized spacial score (nSPS) is 10.6. The van der Waals surface area contributed by atoms with Gasteiger partial charge in [0.1, 0.15) is 11.7 Å². The van der Waals surface area contributed by atoms with E-state index in [9.17, 15) is 4.39 Å². The first-order valence-electron chi connectivity index (χ1n) is 7.15. The van der Waals surface area contributed by atoms with Crippen molar-refractivity contribution in [1.82, 2.24) is 0 Å². The average Bonchev–Trinajstić information content (AvgIpc) is 2.45. The highest BCUT2D eigenvalue weighted by Crippen LogP contribution is 2.22. The summed E-state index contributed by atoms with van der Waals surface area (Å²) in [6.07, 6.45) is 0. The second-order valence-corrected chi connectivity index (χ2v) is 4.43. The quantitative estimate of drug-likeness (QED) is 0.393. The van der Waals surface area contributed by atoms with Crippen LogP contribution in [0.5, 0.6) is 0 Å². The summed E-state index contributed by atoms with van der Waals surface area (Å²) >= 11 is 0. The topological polar surface area (TPSA) is 71.6 Å². The zero-order valence-corrected chi connectivity index (χ0v) is 12.7. The molecule has 6 heteroatoms. The predicted molar refractivity (Wildman–Crippen MR) is 82.6 cm³/mol. The Hall–Kier alpha value is -1.66. The number of nitrogens with two attached hydrogens (primary N) is 1. The summed E-state index contributed by atoms with van der Waals surface area (Å²) < 4.78 is 24.7. The zero-order valence-electron chi connectivity index (χ0n) is 12.7. The molecular formula is C15H24FN3O2. The van der Waals surface area contributed by atoms with Crippen LogP contribution < -0.4 is 10.6 Å². The number of benzene rings is 1. The van der Waals surface area contributed by atoms with Crippen LogP contribution in [0.15, 0.2) is 18.2 Å². The lowest BCUT2D eigenvalue weighted by atomic mass is 10.1. The van der Waals surface area contributed by atoms with E-state index in [0.717, 1.165) is 0 Å². The van der Waals surface area contributed by atoms with E-state index >= 15 is 0 Å². The molecule has 1 aromatic rings. The van der Waals surface area contributed by atoms with Gasteiger partial charge in [0.15, 0.2) is 0 Å². The molecule has 3 N–H and O–H groups in total. The van der Waals surface area contributed by atoms with Crippen molar-refractivity contribution in [1.29, 1.82) is 5.41 Å². The van der Waals surface area contributed by atoms with E-state index in [4.69, 9.17) is 20.6 Å². The van der Waals surface area contributed by atoms with Crippen LogP contribution >= 0.6 is 0 Å². The predicted octanol–water partition coefficient (Wildman–Crippen LogP) is 1.99. The van der Waals surface area contributed by atoms with Crippen molar-refractivity contribution in [3.8, 4) is 0 Å². The summed E-state index contributed by atoms with van der Waals surface area (Å²) in [4.78, 5) is 1.94. The van der Waals surface area contributed by atoms with Crippen LogP contribution in [0.25, 0.3) is 0 Å². The van der Waals surface area contributed by atoms with Crippen molar-refractivity contribution < 1.29 is 13.9 Å². The van der Waals surface area contributed by atoms with Crippen LogP contribution in [0.3, 0.4) is 0 Å². The van der Waals surface area contributed by atoms with Gasteiger partial charge >= 0.3 is 0 Å². The number of nitrogens with zero attached hydrogens (tertiary/aromatic N) is 1. The summed E-state index contributed by atoms with van der Waals surface area (Å²) in [6.45, 7) is 7.33. The van der Waals surface area contributed by atoms with Gasteiger partial charge in [0.05, 0.1) is 24.5 Å². The number of nitrogen functional groups attached to an aromatic ring is 1. The Morgan fingerprint density at radius 2 is 1.76 bits per heavy atom. The molecule has 0 aliphatic heterocycles. The van der Waals surface area contributed by atoms with Gasteiger partial charge in [0.25, 0.3) is 0 Å². The van der Waals surface area contributed by atoms with Gasteiger partial charge in [-0.2, -0.15) is 0 Å². The van der Waals surface area contributed by atoms with Crippen molar-refractivity contribution in [2.75, 3.05) is 44.4 Å². The Morgan fingerprint density at radius 3 is 2.24 bits per heavy atom. The molecule has 0 unspecified atom stereocenters. The molecule has 118 valence electrons. The van der Waals surface area contributed by atoms with E-state index in [0.29, 0.717) is 45.2 Å². The van der Waals surface area contributed by atoms with Crippen molar-refractivity contribution in [2.45, 2.75) is 13.8 Å². The van der Waals surface area contributed by atoms with Gasteiger partial charge in [0.2, 0.25) is 0 Å². The SMILES string of the molecule is CCOCCN(CCOCC)c1cccc(F)c1C(=N)N. The van der Waals surface area contributed by atoms with Crippen LogP contribution in [-0.2, 0) is 9.47 Å². The minimum Gasteiger partial charge on any atom is -0.384 e. The lowest BCUT2D eigenvalue weighted by Gasteiger charge is -2.27. The molecule has 0 radical (unpaired) electrons. The van der Waals surface area contributed by atoms with Crippen molar-refractivity contribution in [2.24, 2.45) is 5.73 Å². The van der Waals surface area contributed by atoms with E-state index in [1.807, 2.05) is 18.7 Å². The molecule has 0 fully saturated rings. The molecule has 0 saturated heterocycles. The number of amidine groups is 1. The van der Waals surface area contributed by atoms with Gasteiger partial charge in [0, 0.05) is 26.3 Å². The molecule has 0 saturated carbocycles. The molecule has 0 heterocycles. The van der Waals surface area contributed by atoms with Crippen LogP contribution in [-0.4, -0.2) is 45.4 Å². The number of rotatable bonds is 10. The maximum absolute atomic E-state index is 13.9. The summed E-state index contributed by atoms with van der Waals surface area (Å²) in [5.74, 6) is -0.765. The smallest absolute Gasteiger partial charge is 0.136 e. The van der Waals surface area contributed by atoms with E-state index in [2.05, 4.69) is 0 Å². The number of hydrogen-bond acceptors (Lipinski definition) is 4. The molecule has 0 spiro atoms. The second-order valence-electron chi connectivity index (χ2n) is 4.43. The second kappa shape index (κ2) is 9.31.